The van der Waals surface area contributed by atoms with Gasteiger partial charge in [-0.3, -0.25) is 0 Å². The van der Waals surface area contributed by atoms with Gasteiger partial charge in [0.15, 0.2) is 11.2 Å². The summed E-state index contributed by atoms with van der Waals surface area (Å²) < 4.78 is 15.3. The quantitative estimate of drug-likeness (QED) is 0.129. The van der Waals surface area contributed by atoms with Crippen LogP contribution in [-0.2, 0) is 16.2 Å². The summed E-state index contributed by atoms with van der Waals surface area (Å²) in [4.78, 5) is 7.08. The minimum atomic E-state index is -0.105. The fourth-order valence-electron chi connectivity index (χ4n) is 12.3. The minimum Gasteiger partial charge on any atom is -0.454 e. The van der Waals surface area contributed by atoms with E-state index < -0.39 is 0 Å². The van der Waals surface area contributed by atoms with Gasteiger partial charge in [-0.15, -0.1) is 11.3 Å². The van der Waals surface area contributed by atoms with E-state index in [1.807, 2.05) is 12.1 Å². The summed E-state index contributed by atoms with van der Waals surface area (Å²) in [5.74, 6) is 0. The van der Waals surface area contributed by atoms with E-state index in [-0.39, 0.29) is 16.2 Å². The molecule has 87 heavy (non-hydrogen) atoms. The lowest BCUT2D eigenvalue weighted by Crippen LogP contribution is -2.17. The van der Waals surface area contributed by atoms with Crippen LogP contribution in [0, 0.1) is 0 Å². The largest absolute Gasteiger partial charge is 0.454 e. The third-order valence-corrected chi connectivity index (χ3v) is 18.4. The smallest absolute Gasteiger partial charge is 0.159 e. The number of nitrogens with zero attached hydrogens (tertiary/aromatic N) is 3. The van der Waals surface area contributed by atoms with E-state index >= 15 is 0 Å². The first kappa shape index (κ1) is 55.5. The van der Waals surface area contributed by atoms with E-state index in [0.717, 1.165) is 123 Å². The molecule has 3 aromatic heterocycles. The van der Waals surface area contributed by atoms with E-state index in [0.29, 0.717) is 5.02 Å². The molecule has 3 heterocycles. The monoisotopic (exact) mass is 1170 g/mol. The van der Waals surface area contributed by atoms with Crippen LogP contribution < -0.4 is 14.7 Å². The van der Waals surface area contributed by atoms with Gasteiger partial charge in [-0.2, -0.15) is 0 Å². The standard InChI is InChI=1S/C80H68ClN3O2S/c1-78(2,3)54-37-41-57(42-38-54)82(66-43-39-55(79(4,5)6)47-64(66)52-25-14-11-15-26-52)58-27-20-28-59(49-58)83(67-33-21-31-62-60-29-16-18-35-72(60)85-76(62)67)69-45-53(51-23-12-10-13-24-51)46-70(75(69)81)84(71-50-87-74-44-40-56(48-65(71)74)80(7,8)9)68-34-22-32-63-61-30-17-19-36-73(61)86-77(63)68/h10-50H,1-9H3. The van der Waals surface area contributed by atoms with Gasteiger partial charge in [0, 0.05) is 59.6 Å². The summed E-state index contributed by atoms with van der Waals surface area (Å²) >= 11 is 10.3. The van der Waals surface area contributed by atoms with Crippen molar-refractivity contribution in [3.63, 3.8) is 0 Å². The molecular formula is C80H68ClN3O2S. The van der Waals surface area contributed by atoms with Crippen molar-refractivity contribution in [2.45, 2.75) is 78.6 Å². The van der Waals surface area contributed by atoms with Crippen molar-refractivity contribution in [3.05, 3.63) is 270 Å². The average Bonchev–Trinajstić information content (AvgIpc) is 1.77. The molecule has 0 spiro atoms. The van der Waals surface area contributed by atoms with Crippen LogP contribution in [-0.4, -0.2) is 0 Å². The van der Waals surface area contributed by atoms with Gasteiger partial charge in [-0.05, 0) is 141 Å². The number of para-hydroxylation sites is 4. The molecule has 0 amide bonds. The van der Waals surface area contributed by atoms with Crippen LogP contribution in [0.15, 0.2) is 257 Å². The highest BCUT2D eigenvalue weighted by molar-refractivity contribution is 7.17. The van der Waals surface area contributed by atoms with Crippen LogP contribution in [0.1, 0.15) is 79.0 Å². The second-order valence-electron chi connectivity index (χ2n) is 26.0. The van der Waals surface area contributed by atoms with E-state index in [2.05, 4.69) is 313 Å². The highest BCUT2D eigenvalue weighted by Gasteiger charge is 2.31. The summed E-state index contributed by atoms with van der Waals surface area (Å²) in [6.07, 6.45) is 0. The fourth-order valence-corrected chi connectivity index (χ4v) is 13.5. The van der Waals surface area contributed by atoms with E-state index in [9.17, 15) is 0 Å². The number of fused-ring (bicyclic) bond motifs is 7. The summed E-state index contributed by atoms with van der Waals surface area (Å²) in [5.41, 5.74) is 19.1. The first-order chi connectivity index (χ1) is 42.0. The molecule has 0 saturated heterocycles. The van der Waals surface area contributed by atoms with Gasteiger partial charge in [-0.25, -0.2) is 0 Å². The predicted octanol–water partition coefficient (Wildman–Crippen LogP) is 25.0. The molecule has 0 atom stereocenters. The predicted molar refractivity (Wildman–Crippen MR) is 372 cm³/mol. The molecule has 0 unspecified atom stereocenters. The number of rotatable bonds is 11. The zero-order valence-electron chi connectivity index (χ0n) is 50.6. The van der Waals surface area contributed by atoms with Crippen molar-refractivity contribution in [3.8, 4) is 22.3 Å². The molecule has 0 bridgehead atoms. The Morgan fingerprint density at radius 1 is 0.322 bits per heavy atom. The van der Waals surface area contributed by atoms with Gasteiger partial charge in [0.2, 0.25) is 0 Å². The van der Waals surface area contributed by atoms with Crippen LogP contribution in [0.3, 0.4) is 0 Å². The topological polar surface area (TPSA) is 36.0 Å². The van der Waals surface area contributed by atoms with Gasteiger partial charge in [0.1, 0.15) is 11.2 Å². The van der Waals surface area contributed by atoms with Crippen molar-refractivity contribution in [1.29, 1.82) is 0 Å². The number of furan rings is 2. The van der Waals surface area contributed by atoms with Gasteiger partial charge in [0.25, 0.3) is 0 Å². The number of benzene rings is 11. The maximum absolute atomic E-state index is 8.57. The van der Waals surface area contributed by atoms with Crippen molar-refractivity contribution in [2.24, 2.45) is 0 Å². The summed E-state index contributed by atoms with van der Waals surface area (Å²) in [5, 5.41) is 8.05. The number of hydrogen-bond donors (Lipinski definition) is 0. The Morgan fingerprint density at radius 3 is 1.40 bits per heavy atom. The van der Waals surface area contributed by atoms with Gasteiger partial charge < -0.3 is 23.5 Å². The molecule has 428 valence electrons. The van der Waals surface area contributed by atoms with Crippen molar-refractivity contribution in [2.75, 3.05) is 14.7 Å². The third-order valence-electron chi connectivity index (χ3n) is 17.1. The van der Waals surface area contributed by atoms with Crippen LogP contribution in [0.2, 0.25) is 5.02 Å². The molecule has 11 aromatic carbocycles. The molecule has 0 fully saturated rings. The molecule has 14 aromatic rings. The first-order valence-corrected chi connectivity index (χ1v) is 31.2. The Labute approximate surface area is 518 Å². The van der Waals surface area contributed by atoms with Crippen molar-refractivity contribution in [1.82, 2.24) is 0 Å². The Kier molecular flexibility index (Phi) is 13.8. The summed E-state index contributed by atoms with van der Waals surface area (Å²) in [6.45, 7) is 20.5. The second kappa shape index (κ2) is 21.6. The molecule has 14 rings (SSSR count). The molecule has 0 aliphatic carbocycles. The lowest BCUT2D eigenvalue weighted by molar-refractivity contribution is 0.590. The molecule has 0 saturated carbocycles. The Balaban J connectivity index is 1.07. The van der Waals surface area contributed by atoms with Crippen molar-refractivity contribution < 1.29 is 8.83 Å². The average molecular weight is 1170 g/mol. The molecule has 0 radical (unpaired) electrons. The van der Waals surface area contributed by atoms with E-state index in [1.54, 1.807) is 11.3 Å². The van der Waals surface area contributed by atoms with Crippen LogP contribution in [0.4, 0.5) is 51.2 Å². The SMILES string of the molecule is CC(C)(C)c1ccc(N(c2cccc(N(c3cc(-c4ccccc4)cc(N(c4csc5ccc(C(C)(C)C)cc45)c4cccc5c4oc4ccccc45)c3Cl)c3cccc4c3oc3ccccc34)c2)c2ccc(C(C)(C)C)cc2-c2ccccc2)cc1. The Bertz CT molecular complexity index is 4900. The highest BCUT2D eigenvalue weighted by atomic mass is 35.5. The van der Waals surface area contributed by atoms with Crippen LogP contribution in [0.25, 0.3) is 76.2 Å². The molecule has 0 aliphatic heterocycles. The molecule has 7 heteroatoms. The zero-order valence-corrected chi connectivity index (χ0v) is 52.2. The fraction of sp³-hybridized carbons (Fsp3) is 0.150. The van der Waals surface area contributed by atoms with E-state index in [4.69, 9.17) is 20.4 Å². The maximum Gasteiger partial charge on any atom is 0.159 e. The highest BCUT2D eigenvalue weighted by Crippen LogP contribution is 2.55. The van der Waals surface area contributed by atoms with Crippen LogP contribution in [0.5, 0.6) is 0 Å². The normalized spacial score (nSPS) is 12.3. The lowest BCUT2D eigenvalue weighted by atomic mass is 9.84. The Hall–Kier alpha value is -9.33. The maximum atomic E-state index is 8.57. The van der Waals surface area contributed by atoms with Gasteiger partial charge >= 0.3 is 0 Å². The Morgan fingerprint density at radius 2 is 0.805 bits per heavy atom. The number of thiophene rings is 1. The number of anilines is 9. The summed E-state index contributed by atoms with van der Waals surface area (Å²) in [6, 6.07) is 87.4. The summed E-state index contributed by atoms with van der Waals surface area (Å²) in [7, 11) is 0. The number of hydrogen-bond acceptors (Lipinski definition) is 6. The lowest BCUT2D eigenvalue weighted by Gasteiger charge is -2.33. The second-order valence-corrected chi connectivity index (χ2v) is 27.2. The third kappa shape index (κ3) is 10.1. The molecule has 0 aliphatic rings. The molecule has 0 N–H and O–H groups in total. The minimum absolute atomic E-state index is 0.0442. The van der Waals surface area contributed by atoms with E-state index in [1.165, 1.54) is 21.4 Å². The first-order valence-electron chi connectivity index (χ1n) is 30.0. The zero-order chi connectivity index (χ0) is 59.9. The van der Waals surface area contributed by atoms with Crippen molar-refractivity contribution >= 4 is 128 Å². The van der Waals surface area contributed by atoms with Gasteiger partial charge in [-0.1, -0.05) is 226 Å². The van der Waals surface area contributed by atoms with Crippen LogP contribution >= 0.6 is 22.9 Å². The van der Waals surface area contributed by atoms with Gasteiger partial charge in [0.05, 0.1) is 39.1 Å². The number of halogens is 1. The molecule has 5 nitrogen and oxygen atoms in total. The molecular weight excluding hydrogens is 1100 g/mol.